The van der Waals surface area contributed by atoms with Gasteiger partial charge < -0.3 is 0 Å². The van der Waals surface area contributed by atoms with Crippen LogP contribution < -0.4 is 10.6 Å². The average molecular weight is 286 g/mol. The number of hydrogen-bond donors (Lipinski definition) is 0. The fraction of sp³-hybridized carbons (Fsp3) is 0.235. The van der Waals surface area contributed by atoms with Crippen molar-refractivity contribution in [1.29, 1.82) is 0 Å². The quantitative estimate of drug-likeness (QED) is 0.592. The van der Waals surface area contributed by atoms with Crippen molar-refractivity contribution in [3.63, 3.8) is 0 Å². The van der Waals surface area contributed by atoms with Crippen molar-refractivity contribution in [3.8, 4) is 0 Å². The fourth-order valence-corrected chi connectivity index (χ4v) is 11.8. The Hall–Kier alpha value is -1.04. The Labute approximate surface area is 118 Å². The number of rotatable bonds is 3. The lowest BCUT2D eigenvalue weighted by atomic mass is 10.4. The minimum atomic E-state index is -1.36. The Bertz CT molecular complexity index is 536. The van der Waals surface area contributed by atoms with Gasteiger partial charge in [-0.3, -0.25) is 0 Å². The van der Waals surface area contributed by atoms with Crippen LogP contribution in [-0.2, 0) is 0 Å². The van der Waals surface area contributed by atoms with Crippen molar-refractivity contribution < 1.29 is 0 Å². The van der Waals surface area contributed by atoms with E-state index in [1.54, 1.807) is 0 Å². The number of benzene rings is 2. The molecule has 2 heteroatoms. The molecule has 0 atom stereocenters. The van der Waals surface area contributed by atoms with E-state index in [0.717, 1.165) is 0 Å². The second-order valence-corrected chi connectivity index (χ2v) is 15.2. The van der Waals surface area contributed by atoms with E-state index in [4.69, 9.17) is 0 Å². The molecule has 0 bridgehead atoms. The van der Waals surface area contributed by atoms with Gasteiger partial charge in [0.15, 0.2) is 0 Å². The van der Waals surface area contributed by atoms with Crippen LogP contribution in [0.4, 0.5) is 0 Å². The largest absolute Gasteiger partial charge is 0.0890 e. The van der Waals surface area contributed by atoms with Crippen LogP contribution in [0.3, 0.4) is 0 Å². The van der Waals surface area contributed by atoms with Crippen LogP contribution in [0.25, 0.3) is 0 Å². The van der Waals surface area contributed by atoms with Gasteiger partial charge in [0.05, 0.1) is 8.07 Å². The maximum absolute atomic E-state index is 2.70. The first-order valence-electron chi connectivity index (χ1n) is 6.76. The predicted octanol–water partition coefficient (Wildman–Crippen LogP) is 3.96. The normalized spacial score (nSPS) is 12.2. The molecule has 0 aliphatic carbocycles. The zero-order valence-electron chi connectivity index (χ0n) is 12.3. The van der Waals surface area contributed by atoms with E-state index >= 15 is 0 Å². The molecule has 2 rings (SSSR count). The summed E-state index contributed by atoms with van der Waals surface area (Å²) in [6, 6.07) is 22.0. The third-order valence-electron chi connectivity index (χ3n) is 3.23. The highest BCUT2D eigenvalue weighted by molar-refractivity contribution is 7.90. The molecule has 0 fully saturated rings. The summed E-state index contributed by atoms with van der Waals surface area (Å²) in [6.45, 7) is 8.38. The summed E-state index contributed by atoms with van der Waals surface area (Å²) in [7, 11) is -1.23. The molecule has 0 heterocycles. The van der Waals surface area contributed by atoms with Crippen molar-refractivity contribution in [3.05, 3.63) is 60.7 Å². The lowest BCUT2D eigenvalue weighted by molar-refractivity contribution is 1.75. The third kappa shape index (κ3) is 3.49. The van der Waals surface area contributed by atoms with E-state index in [1.807, 2.05) is 0 Å². The summed E-state index contributed by atoms with van der Waals surface area (Å²) < 4.78 is 0. The molecule has 2 aromatic carbocycles. The molecule has 0 amide bonds. The monoisotopic (exact) mass is 286 g/mol. The van der Waals surface area contributed by atoms with Crippen LogP contribution in [0.2, 0.25) is 19.6 Å². The molecule has 0 saturated carbocycles. The average Bonchev–Trinajstić information content (AvgIpc) is 2.39. The lowest BCUT2D eigenvalue weighted by Gasteiger charge is -2.27. The van der Waals surface area contributed by atoms with Crippen molar-refractivity contribution in [2.75, 3.05) is 6.66 Å². The van der Waals surface area contributed by atoms with Crippen molar-refractivity contribution >= 4 is 31.0 Å². The first-order chi connectivity index (χ1) is 8.92. The highest BCUT2D eigenvalue weighted by atomic mass is 31.2. The van der Waals surface area contributed by atoms with Gasteiger partial charge in [0.1, 0.15) is 0 Å². The summed E-state index contributed by atoms with van der Waals surface area (Å²) in [6.07, 6.45) is 0. The van der Waals surface area contributed by atoms with Crippen molar-refractivity contribution in [1.82, 2.24) is 0 Å². The molecule has 0 N–H and O–H groups in total. The Morgan fingerprint density at radius 3 is 1.42 bits per heavy atom. The molecule has 0 saturated heterocycles. The molecule has 0 aliphatic rings. The van der Waals surface area contributed by atoms with E-state index in [-0.39, 0.29) is 0 Å². The topological polar surface area (TPSA) is 0 Å². The molecule has 2 aromatic rings. The minimum Gasteiger partial charge on any atom is -0.0890 e. The van der Waals surface area contributed by atoms with Crippen LogP contribution in [0.15, 0.2) is 60.7 Å². The second kappa shape index (κ2) is 5.52. The van der Waals surface area contributed by atoms with Crippen LogP contribution in [0.1, 0.15) is 0 Å². The van der Waals surface area contributed by atoms with Gasteiger partial charge in [-0.2, -0.15) is 0 Å². The third-order valence-corrected chi connectivity index (χ3v) is 11.1. The van der Waals surface area contributed by atoms with E-state index < -0.39 is 15.0 Å². The van der Waals surface area contributed by atoms with E-state index in [0.29, 0.717) is 0 Å². The summed E-state index contributed by atoms with van der Waals surface area (Å²) in [5.41, 5.74) is 2.70. The summed E-state index contributed by atoms with van der Waals surface area (Å²) in [5.74, 6) is 0. The Morgan fingerprint density at radius 2 is 1.11 bits per heavy atom. The highest BCUT2D eigenvalue weighted by Crippen LogP contribution is 2.41. The maximum atomic E-state index is 2.70. The minimum absolute atomic E-state index is 1.23. The van der Waals surface area contributed by atoms with Crippen molar-refractivity contribution in [2.24, 2.45) is 0 Å². The van der Waals surface area contributed by atoms with Crippen LogP contribution >= 0.6 is 6.89 Å². The van der Waals surface area contributed by atoms with E-state index in [2.05, 4.69) is 92.4 Å². The van der Waals surface area contributed by atoms with E-state index in [1.165, 1.54) is 10.6 Å². The highest BCUT2D eigenvalue weighted by Gasteiger charge is 2.21. The fourth-order valence-electron chi connectivity index (χ4n) is 2.55. The molecular weight excluding hydrogens is 263 g/mol. The summed E-state index contributed by atoms with van der Waals surface area (Å²) in [4.78, 5) is 0. The Balaban J connectivity index is 2.69. The first kappa shape index (κ1) is 14.4. The standard InChI is InChI=1S/C17H23PSi/c1-18(15-19(2,3)4,16-11-7-5-8-12-16)17-13-9-6-10-14-17/h5-15H,1-4H3. The van der Waals surface area contributed by atoms with Gasteiger partial charge in [0.2, 0.25) is 0 Å². The summed E-state index contributed by atoms with van der Waals surface area (Å²) in [5, 5.41) is 2.98. The molecular formula is C17H23PSi. The van der Waals surface area contributed by atoms with Gasteiger partial charge in [0.25, 0.3) is 0 Å². The zero-order chi connectivity index (χ0) is 13.9. The molecule has 0 aromatic heterocycles. The van der Waals surface area contributed by atoms with Crippen LogP contribution in [0, 0.1) is 0 Å². The molecule has 0 unspecified atom stereocenters. The SMILES string of the molecule is C[Si](C)(C)C=P(C)(c1ccccc1)c1ccccc1. The molecule has 0 radical (unpaired) electrons. The molecule has 0 aliphatic heterocycles. The van der Waals surface area contributed by atoms with Gasteiger partial charge in [-0.15, -0.1) is 0 Å². The number of hydrogen-bond acceptors (Lipinski definition) is 0. The maximum Gasteiger partial charge on any atom is 0.0696 e. The van der Waals surface area contributed by atoms with Crippen LogP contribution in [0.5, 0.6) is 0 Å². The van der Waals surface area contributed by atoms with Crippen molar-refractivity contribution in [2.45, 2.75) is 19.6 Å². The molecule has 0 spiro atoms. The second-order valence-electron chi connectivity index (χ2n) is 6.24. The molecule has 0 nitrogen and oxygen atoms in total. The zero-order valence-corrected chi connectivity index (χ0v) is 14.2. The van der Waals surface area contributed by atoms with Gasteiger partial charge >= 0.3 is 0 Å². The van der Waals surface area contributed by atoms with Gasteiger partial charge in [0, 0.05) is 0 Å². The van der Waals surface area contributed by atoms with Gasteiger partial charge in [-0.25, -0.2) is 0 Å². The first-order valence-corrected chi connectivity index (χ1v) is 12.6. The van der Waals surface area contributed by atoms with E-state index in [9.17, 15) is 0 Å². The smallest absolute Gasteiger partial charge is 0.0696 e. The molecule has 19 heavy (non-hydrogen) atoms. The van der Waals surface area contributed by atoms with Crippen LogP contribution in [-0.4, -0.2) is 20.2 Å². The Morgan fingerprint density at radius 1 is 0.737 bits per heavy atom. The summed E-state index contributed by atoms with van der Waals surface area (Å²) >= 11 is 0. The van der Waals surface area contributed by atoms with Gasteiger partial charge in [-0.05, 0) is 17.3 Å². The van der Waals surface area contributed by atoms with Gasteiger partial charge in [-0.1, -0.05) is 92.6 Å². The lowest BCUT2D eigenvalue weighted by Crippen LogP contribution is -2.28. The Kier molecular flexibility index (Phi) is 4.18. The molecule has 100 valence electrons. The predicted molar refractivity (Wildman–Crippen MR) is 94.4 cm³/mol.